The van der Waals surface area contributed by atoms with Crippen LogP contribution in [0.15, 0.2) is 28.8 Å². The summed E-state index contributed by atoms with van der Waals surface area (Å²) in [6, 6.07) is 3.87. The van der Waals surface area contributed by atoms with E-state index in [0.29, 0.717) is 35.6 Å². The van der Waals surface area contributed by atoms with Gasteiger partial charge in [0.1, 0.15) is 4.91 Å². The van der Waals surface area contributed by atoms with Crippen LogP contribution in [-0.4, -0.2) is 49.3 Å². The van der Waals surface area contributed by atoms with Crippen LogP contribution in [0.4, 0.5) is 23.7 Å². The summed E-state index contributed by atoms with van der Waals surface area (Å²) >= 11 is 0.677. The first-order chi connectivity index (χ1) is 12.6. The van der Waals surface area contributed by atoms with Crippen molar-refractivity contribution < 1.29 is 22.8 Å². The predicted molar refractivity (Wildman–Crippen MR) is 98.4 cm³/mol. The lowest BCUT2D eigenvalue weighted by molar-refractivity contribution is -0.137. The van der Waals surface area contributed by atoms with E-state index < -0.39 is 22.9 Å². The van der Waals surface area contributed by atoms with Crippen LogP contribution in [0.1, 0.15) is 17.5 Å². The number of hydrogen-bond donors (Lipinski definition) is 1. The minimum absolute atomic E-state index is 0.0379. The van der Waals surface area contributed by atoms with Gasteiger partial charge in [0.05, 0.1) is 5.56 Å². The fourth-order valence-electron chi connectivity index (χ4n) is 3.07. The number of nitrogens with zero attached hydrogens (tertiary/aromatic N) is 2. The number of benzene rings is 1. The molecule has 2 saturated heterocycles. The molecule has 1 N–H and O–H groups in total. The maximum absolute atomic E-state index is 13.1. The van der Waals surface area contributed by atoms with E-state index >= 15 is 0 Å². The summed E-state index contributed by atoms with van der Waals surface area (Å²) in [6.07, 6.45) is -2.22. The van der Waals surface area contributed by atoms with Gasteiger partial charge in [-0.3, -0.25) is 14.9 Å². The zero-order valence-corrected chi connectivity index (χ0v) is 15.6. The van der Waals surface area contributed by atoms with E-state index in [-0.39, 0.29) is 4.91 Å². The Labute approximate surface area is 158 Å². The van der Waals surface area contributed by atoms with Crippen molar-refractivity contribution in [3.63, 3.8) is 0 Å². The molecule has 2 aliphatic heterocycles. The molecule has 0 unspecified atom stereocenters. The molecule has 1 aromatic carbocycles. The number of carbonyl (C=O) groups is 2. The fourth-order valence-corrected chi connectivity index (χ4v) is 3.66. The summed E-state index contributed by atoms with van der Waals surface area (Å²) in [4.78, 5) is 27.0. The van der Waals surface area contributed by atoms with Crippen LogP contribution < -0.4 is 10.2 Å². The highest BCUT2D eigenvalue weighted by atomic mass is 32.2. The number of thioether (sulfide) groups is 1. The van der Waals surface area contributed by atoms with E-state index in [0.717, 1.165) is 25.1 Å². The van der Waals surface area contributed by atoms with Crippen molar-refractivity contribution >= 4 is 34.7 Å². The zero-order chi connectivity index (χ0) is 19.8. The van der Waals surface area contributed by atoms with Gasteiger partial charge in [0, 0.05) is 30.4 Å². The summed E-state index contributed by atoms with van der Waals surface area (Å²) in [5.74, 6) is -0.594. The standard InChI is InChI=1S/C18H18F3N3O2S/c1-23(2)13-7-8-24(10-13)14-5-4-12(18(19,20)21)9-11(14)3-6-15-16(25)22-17(26)27-15/h3-5,9,13H,7-8,10H2,1-2H3,(H,22,25,26)/t6?,13-/m0/s1. The molecule has 2 fully saturated rings. The molecule has 1 atom stereocenters. The van der Waals surface area contributed by atoms with Crippen molar-refractivity contribution in [3.8, 4) is 0 Å². The van der Waals surface area contributed by atoms with E-state index in [2.05, 4.69) is 15.9 Å². The second-order valence-electron chi connectivity index (χ2n) is 6.58. The molecule has 2 aliphatic rings. The van der Waals surface area contributed by atoms with Crippen LogP contribution in [0.3, 0.4) is 0 Å². The van der Waals surface area contributed by atoms with Crippen LogP contribution in [0.2, 0.25) is 0 Å². The van der Waals surface area contributed by atoms with Crippen LogP contribution >= 0.6 is 11.8 Å². The molecular formula is C18H18F3N3O2S. The van der Waals surface area contributed by atoms with Gasteiger partial charge in [0.2, 0.25) is 0 Å². The highest BCUT2D eigenvalue weighted by Gasteiger charge is 2.32. The minimum atomic E-state index is -4.47. The average Bonchev–Trinajstić information content (AvgIpc) is 3.18. The summed E-state index contributed by atoms with van der Waals surface area (Å²) in [5.41, 5.74) is 2.86. The van der Waals surface area contributed by atoms with Crippen molar-refractivity contribution in [2.75, 3.05) is 32.1 Å². The maximum atomic E-state index is 13.1. The molecule has 0 spiro atoms. The summed E-state index contributed by atoms with van der Waals surface area (Å²) < 4.78 is 39.4. The fraction of sp³-hybridized carbons (Fsp3) is 0.389. The number of amides is 2. The van der Waals surface area contributed by atoms with Crippen LogP contribution in [0.25, 0.3) is 6.08 Å². The highest BCUT2D eigenvalue weighted by molar-refractivity contribution is 8.18. The van der Waals surface area contributed by atoms with Gasteiger partial charge in [-0.1, -0.05) is 5.73 Å². The molecule has 9 heteroatoms. The molecular weight excluding hydrogens is 379 g/mol. The minimum Gasteiger partial charge on any atom is -0.369 e. The largest absolute Gasteiger partial charge is 0.416 e. The number of halogens is 3. The monoisotopic (exact) mass is 397 g/mol. The number of likely N-dealkylation sites (N-methyl/N-ethyl adjacent to an activating group) is 1. The van der Waals surface area contributed by atoms with Crippen LogP contribution in [0.5, 0.6) is 0 Å². The number of imide groups is 1. The molecule has 1 aromatic rings. The number of nitrogens with one attached hydrogen (secondary N) is 1. The summed E-state index contributed by atoms with van der Waals surface area (Å²) in [6.45, 7) is 1.42. The lowest BCUT2D eigenvalue weighted by atomic mass is 10.1. The number of anilines is 1. The highest BCUT2D eigenvalue weighted by Crippen LogP contribution is 2.35. The van der Waals surface area contributed by atoms with Crippen molar-refractivity contribution in [2.45, 2.75) is 18.6 Å². The van der Waals surface area contributed by atoms with Gasteiger partial charge in [-0.2, -0.15) is 13.2 Å². The zero-order valence-electron chi connectivity index (χ0n) is 14.8. The normalized spacial score (nSPS) is 20.3. The van der Waals surface area contributed by atoms with Crippen molar-refractivity contribution in [3.05, 3.63) is 40.0 Å². The average molecular weight is 397 g/mol. The lowest BCUT2D eigenvalue weighted by Gasteiger charge is -2.24. The second kappa shape index (κ2) is 7.42. The van der Waals surface area contributed by atoms with E-state index in [4.69, 9.17) is 0 Å². The van der Waals surface area contributed by atoms with Gasteiger partial charge in [0.15, 0.2) is 0 Å². The Morgan fingerprint density at radius 3 is 2.63 bits per heavy atom. The van der Waals surface area contributed by atoms with Gasteiger partial charge < -0.3 is 9.80 Å². The van der Waals surface area contributed by atoms with E-state index in [9.17, 15) is 22.8 Å². The smallest absolute Gasteiger partial charge is 0.369 e. The maximum Gasteiger partial charge on any atom is 0.416 e. The molecule has 0 aliphatic carbocycles. The first-order valence-corrected chi connectivity index (χ1v) is 9.09. The molecule has 0 bridgehead atoms. The first kappa shape index (κ1) is 19.5. The van der Waals surface area contributed by atoms with Gasteiger partial charge in [0.25, 0.3) is 11.1 Å². The third-order valence-electron chi connectivity index (χ3n) is 4.56. The number of carbonyl (C=O) groups excluding carboxylic acids is 2. The quantitative estimate of drug-likeness (QED) is 0.626. The Hall–Kier alpha value is -2.22. The van der Waals surface area contributed by atoms with Gasteiger partial charge in [-0.05, 0) is 56.6 Å². The van der Waals surface area contributed by atoms with Crippen molar-refractivity contribution in [1.82, 2.24) is 10.2 Å². The van der Waals surface area contributed by atoms with Gasteiger partial charge in [-0.15, -0.1) is 0 Å². The second-order valence-corrected chi connectivity index (χ2v) is 7.57. The Morgan fingerprint density at radius 2 is 2.07 bits per heavy atom. The number of alkyl halides is 3. The van der Waals surface area contributed by atoms with E-state index in [1.807, 2.05) is 19.0 Å². The topological polar surface area (TPSA) is 52.6 Å². The Balaban J connectivity index is 2.00. The number of hydrogen-bond acceptors (Lipinski definition) is 5. The van der Waals surface area contributed by atoms with Crippen LogP contribution in [-0.2, 0) is 11.0 Å². The van der Waals surface area contributed by atoms with Crippen LogP contribution in [0, 0.1) is 0 Å². The van der Waals surface area contributed by atoms with E-state index in [1.165, 1.54) is 12.1 Å². The molecule has 2 heterocycles. The predicted octanol–water partition coefficient (Wildman–Crippen LogP) is 3.32. The lowest BCUT2D eigenvalue weighted by Crippen LogP contribution is -2.31. The van der Waals surface area contributed by atoms with Gasteiger partial charge >= 0.3 is 6.18 Å². The Morgan fingerprint density at radius 1 is 1.33 bits per heavy atom. The first-order valence-electron chi connectivity index (χ1n) is 8.27. The molecule has 144 valence electrons. The summed E-state index contributed by atoms with van der Waals surface area (Å²) in [7, 11) is 3.94. The third-order valence-corrected chi connectivity index (χ3v) is 5.36. The molecule has 0 aromatic heterocycles. The molecule has 27 heavy (non-hydrogen) atoms. The molecule has 5 nitrogen and oxygen atoms in total. The van der Waals surface area contributed by atoms with Gasteiger partial charge in [-0.25, -0.2) is 0 Å². The SMILES string of the molecule is CN(C)[C@H]1CCN(c2ccc(C(F)(F)F)cc2C=C=C2SC(=O)NC2=O)C1. The van der Waals surface area contributed by atoms with Crippen molar-refractivity contribution in [2.24, 2.45) is 0 Å². The molecule has 0 radical (unpaired) electrons. The number of rotatable bonds is 3. The molecule has 3 rings (SSSR count). The van der Waals surface area contributed by atoms with Crippen molar-refractivity contribution in [1.29, 1.82) is 0 Å². The van der Waals surface area contributed by atoms with E-state index in [1.54, 1.807) is 0 Å². The molecule has 2 amide bonds. The Kier molecular flexibility index (Phi) is 5.37. The molecule has 0 saturated carbocycles. The Bertz CT molecular complexity index is 845. The third kappa shape index (κ3) is 4.37. The summed E-state index contributed by atoms with van der Waals surface area (Å²) in [5, 5.41) is 1.58.